The van der Waals surface area contributed by atoms with Crippen LogP contribution in [0.1, 0.15) is 29.7 Å². The van der Waals surface area contributed by atoms with Crippen molar-refractivity contribution in [2.45, 2.75) is 31.8 Å². The first-order valence-corrected chi connectivity index (χ1v) is 12.7. The van der Waals surface area contributed by atoms with Gasteiger partial charge in [-0.05, 0) is 60.1 Å². The Morgan fingerprint density at radius 3 is 2.42 bits per heavy atom. The van der Waals surface area contributed by atoms with Crippen molar-refractivity contribution < 1.29 is 53.4 Å². The Morgan fingerprint density at radius 1 is 1.11 bits per heavy atom. The summed E-state index contributed by atoms with van der Waals surface area (Å²) in [5, 5.41) is 14.7. The fraction of sp³-hybridized carbons (Fsp3) is 0.179. The molecule has 0 aliphatic heterocycles. The van der Waals surface area contributed by atoms with E-state index in [1.54, 1.807) is 67.6 Å². The molecule has 1 N–H and O–H groups in total. The molecule has 0 bridgehead atoms. The SMILES string of the molecule is Cc1nsc(-c2ccc(-c3ccc(C4(C(=O)[O-])CC4)cc3)c(F)c2)c1NC(=O)OCc1ccccc1Cl.[Na+]. The van der Waals surface area contributed by atoms with Gasteiger partial charge in [0.2, 0.25) is 0 Å². The number of carboxylic acid groups (broad SMARTS) is 1. The van der Waals surface area contributed by atoms with E-state index in [0.717, 1.165) is 11.5 Å². The molecule has 38 heavy (non-hydrogen) atoms. The van der Waals surface area contributed by atoms with Crippen LogP contribution in [0.3, 0.4) is 0 Å². The van der Waals surface area contributed by atoms with Crippen LogP contribution in [0.15, 0.2) is 66.7 Å². The minimum atomic E-state index is -1.08. The second-order valence-electron chi connectivity index (χ2n) is 8.91. The van der Waals surface area contributed by atoms with Crippen molar-refractivity contribution in [3.05, 3.63) is 94.4 Å². The van der Waals surface area contributed by atoms with Crippen LogP contribution in [-0.4, -0.2) is 16.4 Å². The summed E-state index contributed by atoms with van der Waals surface area (Å²) in [5.41, 5.74) is 3.02. The molecule has 1 aliphatic carbocycles. The molecule has 1 saturated carbocycles. The molecule has 1 amide bonds. The number of carbonyl (C=O) groups is 2. The molecule has 0 spiro atoms. The molecule has 188 valence electrons. The number of carboxylic acids is 1. The minimum absolute atomic E-state index is 0. The molecular formula is C28H21ClFN2NaO4S. The Morgan fingerprint density at radius 2 is 1.79 bits per heavy atom. The van der Waals surface area contributed by atoms with Crippen molar-refractivity contribution in [3.8, 4) is 21.6 Å². The summed E-state index contributed by atoms with van der Waals surface area (Å²) in [6, 6.07) is 18.7. The Balaban J connectivity index is 0.00000336. The Kier molecular flexibility index (Phi) is 8.59. The average molecular weight is 559 g/mol. The van der Waals surface area contributed by atoms with Crippen LogP contribution in [0.4, 0.5) is 14.9 Å². The van der Waals surface area contributed by atoms with Gasteiger partial charge in [-0.3, -0.25) is 5.32 Å². The van der Waals surface area contributed by atoms with Crippen LogP contribution in [0.2, 0.25) is 5.02 Å². The van der Waals surface area contributed by atoms with Crippen LogP contribution in [0.25, 0.3) is 21.6 Å². The number of aromatic nitrogens is 1. The third-order valence-corrected chi connectivity index (χ3v) is 7.88. The standard InChI is InChI=1S/C28H22ClFN2O4S.Na/c1-16-24(31-27(35)36-15-19-4-2-3-5-22(19)29)25(37-32-16)18-8-11-21(23(30)14-18)17-6-9-20(10-7-17)28(12-13-28)26(33)34;/h2-11,14H,12-13,15H2,1H3,(H,31,35)(H,33,34);/q;+1/p-1. The van der Waals surface area contributed by atoms with Crippen LogP contribution in [0, 0.1) is 12.7 Å². The molecule has 4 aromatic rings. The summed E-state index contributed by atoms with van der Waals surface area (Å²) < 4.78 is 24.8. The summed E-state index contributed by atoms with van der Waals surface area (Å²) in [6.07, 6.45) is 0.429. The maximum absolute atomic E-state index is 15.2. The molecule has 0 unspecified atom stereocenters. The number of aliphatic carboxylic acids is 1. The third-order valence-electron chi connectivity index (χ3n) is 6.53. The predicted molar refractivity (Wildman–Crippen MR) is 139 cm³/mol. The van der Waals surface area contributed by atoms with Gasteiger partial charge >= 0.3 is 35.7 Å². The van der Waals surface area contributed by atoms with Crippen molar-refractivity contribution in [1.82, 2.24) is 4.37 Å². The monoisotopic (exact) mass is 558 g/mol. The summed E-state index contributed by atoms with van der Waals surface area (Å²) in [5.74, 6) is -1.53. The van der Waals surface area contributed by atoms with E-state index in [2.05, 4.69) is 9.69 Å². The van der Waals surface area contributed by atoms with Gasteiger partial charge in [0.15, 0.2) is 0 Å². The number of rotatable bonds is 7. The normalized spacial score (nSPS) is 13.3. The zero-order valence-electron chi connectivity index (χ0n) is 20.7. The van der Waals surface area contributed by atoms with Gasteiger partial charge in [-0.1, -0.05) is 66.2 Å². The van der Waals surface area contributed by atoms with E-state index >= 15 is 4.39 Å². The van der Waals surface area contributed by atoms with Gasteiger partial charge in [-0.25, -0.2) is 9.18 Å². The molecule has 10 heteroatoms. The van der Waals surface area contributed by atoms with Crippen molar-refractivity contribution in [2.24, 2.45) is 0 Å². The average Bonchev–Trinajstić information content (AvgIpc) is 3.63. The fourth-order valence-corrected chi connectivity index (χ4v) is 5.24. The van der Waals surface area contributed by atoms with E-state index < -0.39 is 23.3 Å². The largest absolute Gasteiger partial charge is 1.00 e. The molecule has 5 rings (SSSR count). The van der Waals surface area contributed by atoms with E-state index in [1.807, 2.05) is 0 Å². The van der Waals surface area contributed by atoms with Crippen molar-refractivity contribution in [1.29, 1.82) is 0 Å². The smallest absolute Gasteiger partial charge is 0.549 e. The Hall–Kier alpha value is -2.75. The first-order chi connectivity index (χ1) is 17.8. The van der Waals surface area contributed by atoms with Crippen LogP contribution < -0.4 is 40.0 Å². The molecule has 1 aliphatic rings. The molecule has 0 radical (unpaired) electrons. The minimum Gasteiger partial charge on any atom is -0.549 e. The van der Waals surface area contributed by atoms with Crippen molar-refractivity contribution in [2.75, 3.05) is 5.32 Å². The number of aryl methyl sites for hydroxylation is 1. The van der Waals surface area contributed by atoms with Gasteiger partial charge in [0, 0.05) is 21.6 Å². The molecule has 0 saturated heterocycles. The van der Waals surface area contributed by atoms with Crippen LogP contribution in [-0.2, 0) is 21.6 Å². The molecular weight excluding hydrogens is 538 g/mol. The van der Waals surface area contributed by atoms with Crippen LogP contribution >= 0.6 is 23.1 Å². The summed E-state index contributed by atoms with van der Waals surface area (Å²) in [6.45, 7) is 1.75. The topological polar surface area (TPSA) is 91.4 Å². The Labute approximate surface area is 250 Å². The van der Waals surface area contributed by atoms with E-state index in [9.17, 15) is 14.7 Å². The number of ether oxygens (including phenoxy) is 1. The summed E-state index contributed by atoms with van der Waals surface area (Å²) in [4.78, 5) is 24.5. The third kappa shape index (κ3) is 5.65. The molecule has 0 atom stereocenters. The van der Waals surface area contributed by atoms with Gasteiger partial charge in [0.1, 0.15) is 12.4 Å². The van der Waals surface area contributed by atoms with Crippen molar-refractivity contribution >= 4 is 40.9 Å². The van der Waals surface area contributed by atoms with Gasteiger partial charge < -0.3 is 14.6 Å². The maximum Gasteiger partial charge on any atom is 1.00 e. The Bertz CT molecular complexity index is 1510. The quantitative estimate of drug-likeness (QED) is 0.352. The van der Waals surface area contributed by atoms with Crippen LogP contribution in [0.5, 0.6) is 0 Å². The predicted octanol–water partition coefficient (Wildman–Crippen LogP) is 3.11. The number of nitrogens with zero attached hydrogens (tertiary/aromatic N) is 1. The van der Waals surface area contributed by atoms with Gasteiger partial charge in [-0.2, -0.15) is 4.37 Å². The van der Waals surface area contributed by atoms with Gasteiger partial charge in [0.25, 0.3) is 0 Å². The number of carbonyl (C=O) groups excluding carboxylic acids is 2. The second kappa shape index (κ2) is 11.6. The summed E-state index contributed by atoms with van der Waals surface area (Å²) in [7, 11) is 0. The first-order valence-electron chi connectivity index (χ1n) is 11.5. The molecule has 1 heterocycles. The van der Waals surface area contributed by atoms with Crippen molar-refractivity contribution in [3.63, 3.8) is 0 Å². The number of hydrogen-bond donors (Lipinski definition) is 1. The second-order valence-corrected chi connectivity index (χ2v) is 10.1. The first kappa shape index (κ1) is 28.3. The molecule has 6 nitrogen and oxygen atoms in total. The van der Waals surface area contributed by atoms with E-state index in [4.69, 9.17) is 16.3 Å². The molecule has 3 aromatic carbocycles. The fourth-order valence-electron chi connectivity index (χ4n) is 4.21. The number of amides is 1. The number of nitrogens with one attached hydrogen (secondary N) is 1. The van der Waals surface area contributed by atoms with E-state index in [0.29, 0.717) is 61.9 Å². The van der Waals surface area contributed by atoms with Gasteiger partial charge in [-0.15, -0.1) is 0 Å². The maximum atomic E-state index is 15.2. The number of anilines is 1. The number of benzene rings is 3. The number of hydrogen-bond acceptors (Lipinski definition) is 6. The molecule has 1 aromatic heterocycles. The van der Waals surface area contributed by atoms with E-state index in [-0.39, 0.29) is 36.2 Å². The zero-order valence-corrected chi connectivity index (χ0v) is 24.3. The van der Waals surface area contributed by atoms with E-state index in [1.165, 1.54) is 6.07 Å². The summed E-state index contributed by atoms with van der Waals surface area (Å²) >= 11 is 7.26. The van der Waals surface area contributed by atoms with Gasteiger partial charge in [0.05, 0.1) is 22.2 Å². The zero-order chi connectivity index (χ0) is 26.2. The molecule has 1 fully saturated rings. The number of halogens is 2.